The van der Waals surface area contributed by atoms with Gasteiger partial charge in [-0.3, -0.25) is 9.59 Å². The van der Waals surface area contributed by atoms with Crippen molar-refractivity contribution >= 4 is 39.7 Å². The zero-order valence-corrected chi connectivity index (χ0v) is 16.4. The molecule has 0 aliphatic rings. The highest BCUT2D eigenvalue weighted by Crippen LogP contribution is 2.15. The van der Waals surface area contributed by atoms with Crippen molar-refractivity contribution < 1.29 is 4.79 Å². The second kappa shape index (κ2) is 8.79. The molecule has 0 radical (unpaired) electrons. The van der Waals surface area contributed by atoms with Crippen LogP contribution in [0, 0.1) is 0 Å². The number of hydrogen-bond donors (Lipinski definition) is 1. The summed E-state index contributed by atoms with van der Waals surface area (Å²) in [6, 6.07) is 17.8. The lowest BCUT2D eigenvalue weighted by Crippen LogP contribution is -2.30. The van der Waals surface area contributed by atoms with Gasteiger partial charge in [0.2, 0.25) is 0 Å². The first-order valence-corrected chi connectivity index (χ1v) is 9.23. The zero-order chi connectivity index (χ0) is 19.2. The summed E-state index contributed by atoms with van der Waals surface area (Å²) in [6.45, 7) is 0.280. The fraction of sp³-hybridized carbons (Fsp3) is 0.0500. The quantitative estimate of drug-likeness (QED) is 0.476. The maximum Gasteiger partial charge on any atom is 0.276 e. The van der Waals surface area contributed by atoms with Crippen LogP contribution in [0.25, 0.3) is 0 Å². The first-order valence-electron chi connectivity index (χ1n) is 8.06. The van der Waals surface area contributed by atoms with E-state index in [0.717, 1.165) is 15.6 Å². The van der Waals surface area contributed by atoms with Crippen LogP contribution < -0.4 is 11.0 Å². The van der Waals surface area contributed by atoms with Crippen LogP contribution in [-0.4, -0.2) is 16.7 Å². The average Bonchev–Trinajstić information content (AvgIpc) is 2.66. The van der Waals surface area contributed by atoms with Gasteiger partial charge in [0, 0.05) is 15.7 Å². The highest BCUT2D eigenvalue weighted by Gasteiger charge is 2.12. The van der Waals surface area contributed by atoms with Gasteiger partial charge < -0.3 is 4.57 Å². The second-order valence-corrected chi connectivity index (χ2v) is 7.02. The summed E-state index contributed by atoms with van der Waals surface area (Å²) in [5, 5.41) is 4.48. The van der Waals surface area contributed by atoms with Crippen molar-refractivity contribution in [3.05, 3.63) is 103 Å². The van der Waals surface area contributed by atoms with Gasteiger partial charge in [-0.25, -0.2) is 5.43 Å². The number of halogens is 2. The van der Waals surface area contributed by atoms with Gasteiger partial charge in [-0.1, -0.05) is 57.9 Å². The van der Waals surface area contributed by atoms with Crippen LogP contribution in [0.1, 0.15) is 21.5 Å². The third-order valence-electron chi connectivity index (χ3n) is 3.81. The average molecular weight is 445 g/mol. The number of rotatable bonds is 5. The molecule has 0 unspecified atom stereocenters. The Labute approximate surface area is 169 Å². The first kappa shape index (κ1) is 19.1. The van der Waals surface area contributed by atoms with Gasteiger partial charge in [0.1, 0.15) is 5.56 Å². The number of pyridine rings is 1. The fourth-order valence-electron chi connectivity index (χ4n) is 2.42. The minimum absolute atomic E-state index is 0.0116. The predicted molar refractivity (Wildman–Crippen MR) is 110 cm³/mol. The highest BCUT2D eigenvalue weighted by molar-refractivity contribution is 9.10. The SMILES string of the molecule is O=C(N/N=C\c1ccc(Br)cc1)c1cccn(Cc2ccccc2Cl)c1=O. The number of aromatic nitrogens is 1. The largest absolute Gasteiger partial charge is 0.310 e. The fourth-order valence-corrected chi connectivity index (χ4v) is 2.88. The Kier molecular flexibility index (Phi) is 6.21. The van der Waals surface area contributed by atoms with Gasteiger partial charge in [0.25, 0.3) is 11.5 Å². The number of nitrogens with one attached hydrogen (secondary N) is 1. The van der Waals surface area contributed by atoms with Crippen molar-refractivity contribution in [1.82, 2.24) is 9.99 Å². The molecule has 1 aromatic heterocycles. The molecule has 0 aliphatic carbocycles. The third-order valence-corrected chi connectivity index (χ3v) is 4.71. The lowest BCUT2D eigenvalue weighted by molar-refractivity contribution is 0.0953. The predicted octanol–water partition coefficient (Wildman–Crippen LogP) is 4.08. The number of carbonyl (C=O) groups excluding carboxylic acids is 1. The molecule has 0 bridgehead atoms. The number of hydrogen-bond acceptors (Lipinski definition) is 3. The number of nitrogens with zero attached hydrogens (tertiary/aromatic N) is 2. The van der Waals surface area contributed by atoms with Gasteiger partial charge in [0.15, 0.2) is 0 Å². The molecule has 1 heterocycles. The molecular formula is C20H15BrClN3O2. The number of hydrazone groups is 1. The molecular weight excluding hydrogens is 430 g/mol. The summed E-state index contributed by atoms with van der Waals surface area (Å²) in [4.78, 5) is 24.9. The summed E-state index contributed by atoms with van der Waals surface area (Å²) >= 11 is 9.50. The van der Waals surface area contributed by atoms with E-state index in [-0.39, 0.29) is 12.1 Å². The van der Waals surface area contributed by atoms with Crippen molar-refractivity contribution in [3.8, 4) is 0 Å². The van der Waals surface area contributed by atoms with Crippen molar-refractivity contribution in [2.24, 2.45) is 5.10 Å². The van der Waals surface area contributed by atoms with Crippen molar-refractivity contribution in [2.45, 2.75) is 6.54 Å². The minimum atomic E-state index is -0.568. The lowest BCUT2D eigenvalue weighted by Gasteiger charge is -2.09. The Hall–Kier alpha value is -2.70. The summed E-state index contributed by atoms with van der Waals surface area (Å²) in [5.74, 6) is -0.568. The van der Waals surface area contributed by atoms with E-state index < -0.39 is 11.5 Å². The Morgan fingerprint density at radius 1 is 1.11 bits per heavy atom. The van der Waals surface area contributed by atoms with Gasteiger partial charge in [-0.15, -0.1) is 0 Å². The minimum Gasteiger partial charge on any atom is -0.310 e. The number of benzene rings is 2. The molecule has 0 spiro atoms. The van der Waals surface area contributed by atoms with E-state index in [1.54, 1.807) is 18.3 Å². The molecule has 0 aliphatic heterocycles. The van der Waals surface area contributed by atoms with Crippen LogP contribution in [0.5, 0.6) is 0 Å². The van der Waals surface area contributed by atoms with E-state index in [2.05, 4.69) is 26.5 Å². The Morgan fingerprint density at radius 2 is 1.85 bits per heavy atom. The van der Waals surface area contributed by atoms with E-state index in [4.69, 9.17) is 11.6 Å². The van der Waals surface area contributed by atoms with Crippen molar-refractivity contribution in [2.75, 3.05) is 0 Å². The molecule has 3 aromatic rings. The highest BCUT2D eigenvalue weighted by atomic mass is 79.9. The molecule has 0 fully saturated rings. The van der Waals surface area contributed by atoms with Crippen LogP contribution in [0.4, 0.5) is 0 Å². The van der Waals surface area contributed by atoms with Gasteiger partial charge >= 0.3 is 0 Å². The number of carbonyl (C=O) groups is 1. The molecule has 2 aromatic carbocycles. The van der Waals surface area contributed by atoms with E-state index in [1.807, 2.05) is 42.5 Å². The summed E-state index contributed by atoms with van der Waals surface area (Å²) in [6.07, 6.45) is 3.13. The Morgan fingerprint density at radius 3 is 2.59 bits per heavy atom. The molecule has 0 saturated heterocycles. The molecule has 0 atom stereocenters. The smallest absolute Gasteiger partial charge is 0.276 e. The maximum atomic E-state index is 12.6. The summed E-state index contributed by atoms with van der Waals surface area (Å²) in [5.41, 5.74) is 3.61. The molecule has 136 valence electrons. The zero-order valence-electron chi connectivity index (χ0n) is 14.1. The topological polar surface area (TPSA) is 63.5 Å². The van der Waals surface area contributed by atoms with Crippen LogP contribution >= 0.6 is 27.5 Å². The second-order valence-electron chi connectivity index (χ2n) is 5.70. The molecule has 1 amide bonds. The molecule has 3 rings (SSSR count). The van der Waals surface area contributed by atoms with Crippen LogP contribution in [-0.2, 0) is 6.54 Å². The van der Waals surface area contributed by atoms with Gasteiger partial charge in [-0.2, -0.15) is 5.10 Å². The van der Waals surface area contributed by atoms with E-state index in [9.17, 15) is 9.59 Å². The van der Waals surface area contributed by atoms with Crippen LogP contribution in [0.15, 0.2) is 81.2 Å². The molecule has 27 heavy (non-hydrogen) atoms. The first-order chi connectivity index (χ1) is 13.0. The van der Waals surface area contributed by atoms with E-state index in [1.165, 1.54) is 16.8 Å². The maximum absolute atomic E-state index is 12.6. The lowest BCUT2D eigenvalue weighted by atomic mass is 10.2. The van der Waals surface area contributed by atoms with Crippen LogP contribution in [0.3, 0.4) is 0 Å². The standard InChI is InChI=1S/C20H15BrClN3O2/c21-16-9-7-14(8-10-16)12-23-24-19(26)17-5-3-11-25(20(17)27)13-15-4-1-2-6-18(15)22/h1-12H,13H2,(H,24,26)/b23-12-. The van der Waals surface area contributed by atoms with Gasteiger partial charge in [-0.05, 0) is 41.5 Å². The molecule has 5 nitrogen and oxygen atoms in total. The van der Waals surface area contributed by atoms with Crippen molar-refractivity contribution in [3.63, 3.8) is 0 Å². The summed E-state index contributed by atoms with van der Waals surface area (Å²) < 4.78 is 2.39. The third kappa shape index (κ3) is 4.93. The Balaban J connectivity index is 1.74. The molecule has 7 heteroatoms. The van der Waals surface area contributed by atoms with E-state index >= 15 is 0 Å². The monoisotopic (exact) mass is 443 g/mol. The molecule has 0 saturated carbocycles. The molecule has 1 N–H and O–H groups in total. The van der Waals surface area contributed by atoms with Crippen LogP contribution in [0.2, 0.25) is 5.02 Å². The number of amides is 1. The normalized spacial score (nSPS) is 10.9. The summed E-state index contributed by atoms with van der Waals surface area (Å²) in [7, 11) is 0. The van der Waals surface area contributed by atoms with Crippen molar-refractivity contribution in [1.29, 1.82) is 0 Å². The Bertz CT molecular complexity index is 1050. The van der Waals surface area contributed by atoms with Gasteiger partial charge in [0.05, 0.1) is 12.8 Å². The van der Waals surface area contributed by atoms with E-state index in [0.29, 0.717) is 5.02 Å².